The Morgan fingerprint density at radius 2 is 1.85 bits per heavy atom. The van der Waals surface area contributed by atoms with E-state index in [4.69, 9.17) is 0 Å². The smallest absolute Gasteiger partial charge is 0.311 e. The molecule has 0 amide bonds. The van der Waals surface area contributed by atoms with E-state index in [1.165, 1.54) is 0 Å². The molecule has 0 aromatic heterocycles. The van der Waals surface area contributed by atoms with Gasteiger partial charge in [0.25, 0.3) is 0 Å². The lowest BCUT2D eigenvalue weighted by Crippen LogP contribution is -2.58. The van der Waals surface area contributed by atoms with Gasteiger partial charge in [-0.25, -0.2) is 13.2 Å². The molecule has 1 saturated carbocycles. The van der Waals surface area contributed by atoms with Crippen LogP contribution in [0.25, 0.3) is 0 Å². The summed E-state index contributed by atoms with van der Waals surface area (Å²) in [6.07, 6.45) is -5.39. The Labute approximate surface area is 148 Å². The van der Waals surface area contributed by atoms with Crippen LogP contribution in [-0.4, -0.2) is 36.0 Å². The molecule has 2 fully saturated rings. The van der Waals surface area contributed by atoms with Crippen molar-refractivity contribution < 1.29 is 26.3 Å². The zero-order chi connectivity index (χ0) is 19.3. The highest BCUT2D eigenvalue weighted by molar-refractivity contribution is 5.30. The van der Waals surface area contributed by atoms with Crippen LogP contribution in [0.1, 0.15) is 43.9 Å². The zero-order valence-electron chi connectivity index (χ0n) is 14.6. The van der Waals surface area contributed by atoms with Gasteiger partial charge in [0, 0.05) is 49.6 Å². The van der Waals surface area contributed by atoms with Crippen LogP contribution in [0.5, 0.6) is 0 Å². The van der Waals surface area contributed by atoms with Gasteiger partial charge in [-0.3, -0.25) is 4.90 Å². The van der Waals surface area contributed by atoms with Gasteiger partial charge in [0.1, 0.15) is 5.82 Å². The van der Waals surface area contributed by atoms with Crippen LogP contribution in [0.3, 0.4) is 0 Å². The van der Waals surface area contributed by atoms with Crippen LogP contribution in [0.4, 0.5) is 26.3 Å². The van der Waals surface area contributed by atoms with Crippen molar-refractivity contribution in [2.45, 2.75) is 56.9 Å². The first kappa shape index (κ1) is 19.5. The van der Waals surface area contributed by atoms with Crippen molar-refractivity contribution in [1.82, 2.24) is 10.2 Å². The first-order valence-electron chi connectivity index (χ1n) is 8.71. The number of piperazine rings is 1. The fourth-order valence-electron chi connectivity index (χ4n) is 4.01. The highest BCUT2D eigenvalue weighted by Gasteiger charge is 2.51. The van der Waals surface area contributed by atoms with E-state index in [1.807, 2.05) is 18.7 Å². The van der Waals surface area contributed by atoms with Gasteiger partial charge in [-0.1, -0.05) is 6.07 Å². The molecule has 2 nitrogen and oxygen atoms in total. The average molecular weight is 380 g/mol. The Hall–Kier alpha value is -1.28. The number of hydrogen-bond acceptors (Lipinski definition) is 2. The largest absolute Gasteiger partial charge is 0.416 e. The standard InChI is InChI=1S/C18H22F6N2/c1-10-9-26(11(2)8-25-10)16(12-6-17(20,21)7-12)14-4-3-13(5-15(14)19)18(22,23)24/h3-5,10-12,16,25H,6-9H2,1-2H3/t10-,11+,16?/m0/s1. The number of hydrogen-bond donors (Lipinski definition) is 1. The maximum absolute atomic E-state index is 14.6. The van der Waals surface area contributed by atoms with Crippen LogP contribution >= 0.6 is 0 Å². The summed E-state index contributed by atoms with van der Waals surface area (Å²) in [6.45, 7) is 4.98. The first-order valence-corrected chi connectivity index (χ1v) is 8.71. The van der Waals surface area contributed by atoms with E-state index in [0.717, 1.165) is 12.1 Å². The van der Waals surface area contributed by atoms with Crippen molar-refractivity contribution in [3.05, 3.63) is 35.1 Å². The molecule has 146 valence electrons. The predicted molar refractivity (Wildman–Crippen MR) is 85.4 cm³/mol. The third-order valence-corrected chi connectivity index (χ3v) is 5.38. The zero-order valence-corrected chi connectivity index (χ0v) is 14.6. The second-order valence-electron chi connectivity index (χ2n) is 7.56. The summed E-state index contributed by atoms with van der Waals surface area (Å²) in [5.74, 6) is -4.25. The Bertz CT molecular complexity index is 652. The van der Waals surface area contributed by atoms with Gasteiger partial charge in [-0.2, -0.15) is 13.2 Å². The van der Waals surface area contributed by atoms with E-state index in [9.17, 15) is 26.3 Å². The molecular weight excluding hydrogens is 358 g/mol. The molecule has 26 heavy (non-hydrogen) atoms. The molecule has 0 spiro atoms. The third kappa shape index (κ3) is 3.86. The lowest BCUT2D eigenvalue weighted by molar-refractivity contribution is -0.138. The van der Waals surface area contributed by atoms with Crippen LogP contribution in [-0.2, 0) is 6.18 Å². The van der Waals surface area contributed by atoms with E-state index in [1.54, 1.807) is 0 Å². The van der Waals surface area contributed by atoms with Crippen molar-refractivity contribution in [1.29, 1.82) is 0 Å². The van der Waals surface area contributed by atoms with Crippen LogP contribution < -0.4 is 5.32 Å². The second-order valence-corrected chi connectivity index (χ2v) is 7.56. The molecule has 2 aliphatic rings. The molecule has 1 saturated heterocycles. The molecule has 1 aromatic rings. The molecule has 1 N–H and O–H groups in total. The Kier molecular flexibility index (Phi) is 5.03. The number of halogens is 6. The molecule has 3 rings (SSSR count). The fraction of sp³-hybridized carbons (Fsp3) is 0.667. The molecule has 1 aliphatic carbocycles. The van der Waals surface area contributed by atoms with Crippen molar-refractivity contribution >= 4 is 0 Å². The van der Waals surface area contributed by atoms with Gasteiger partial charge < -0.3 is 5.32 Å². The molecule has 0 radical (unpaired) electrons. The highest BCUT2D eigenvalue weighted by Crippen LogP contribution is 2.51. The van der Waals surface area contributed by atoms with Crippen molar-refractivity contribution in [3.8, 4) is 0 Å². The molecule has 8 heteroatoms. The number of nitrogens with zero attached hydrogens (tertiary/aromatic N) is 1. The van der Waals surface area contributed by atoms with Gasteiger partial charge in [0.2, 0.25) is 5.92 Å². The van der Waals surface area contributed by atoms with E-state index in [0.29, 0.717) is 19.2 Å². The summed E-state index contributed by atoms with van der Waals surface area (Å²) in [6, 6.07) is 1.81. The molecule has 1 heterocycles. The van der Waals surface area contributed by atoms with Crippen molar-refractivity contribution in [2.75, 3.05) is 13.1 Å². The maximum Gasteiger partial charge on any atom is 0.416 e. The molecule has 0 bridgehead atoms. The quantitative estimate of drug-likeness (QED) is 0.771. The van der Waals surface area contributed by atoms with Crippen LogP contribution in [0.2, 0.25) is 0 Å². The molecule has 3 atom stereocenters. The van der Waals surface area contributed by atoms with Crippen LogP contribution in [0.15, 0.2) is 18.2 Å². The minimum absolute atomic E-state index is 0.0351. The summed E-state index contributed by atoms with van der Waals surface area (Å²) in [5.41, 5.74) is -1.00. The fourth-order valence-corrected chi connectivity index (χ4v) is 4.01. The summed E-state index contributed by atoms with van der Waals surface area (Å²) in [4.78, 5) is 1.95. The van der Waals surface area contributed by atoms with Gasteiger partial charge >= 0.3 is 6.18 Å². The normalized spacial score (nSPS) is 28.6. The monoisotopic (exact) mass is 380 g/mol. The van der Waals surface area contributed by atoms with Gasteiger partial charge in [-0.15, -0.1) is 0 Å². The molecule has 1 unspecified atom stereocenters. The number of alkyl halides is 5. The minimum atomic E-state index is -4.64. The molecule has 1 aliphatic heterocycles. The van der Waals surface area contributed by atoms with Gasteiger partial charge in [0.15, 0.2) is 0 Å². The summed E-state index contributed by atoms with van der Waals surface area (Å²) < 4.78 is 80.0. The first-order chi connectivity index (χ1) is 12.0. The molecular formula is C18H22F6N2. The minimum Gasteiger partial charge on any atom is -0.311 e. The summed E-state index contributed by atoms with van der Waals surface area (Å²) >= 11 is 0. The number of benzene rings is 1. The molecule has 1 aromatic carbocycles. The van der Waals surface area contributed by atoms with Gasteiger partial charge in [-0.05, 0) is 31.9 Å². The number of nitrogens with one attached hydrogen (secondary N) is 1. The highest BCUT2D eigenvalue weighted by atomic mass is 19.4. The second kappa shape index (κ2) is 6.71. The summed E-state index contributed by atoms with van der Waals surface area (Å²) in [7, 11) is 0. The third-order valence-electron chi connectivity index (χ3n) is 5.38. The maximum atomic E-state index is 14.6. The number of rotatable bonds is 3. The van der Waals surface area contributed by atoms with E-state index >= 15 is 0 Å². The Morgan fingerprint density at radius 1 is 1.19 bits per heavy atom. The topological polar surface area (TPSA) is 15.3 Å². The Balaban J connectivity index is 1.96. The lowest BCUT2D eigenvalue weighted by Gasteiger charge is -2.49. The summed E-state index contributed by atoms with van der Waals surface area (Å²) in [5, 5.41) is 3.27. The van der Waals surface area contributed by atoms with E-state index in [-0.39, 0.29) is 30.5 Å². The van der Waals surface area contributed by atoms with E-state index in [2.05, 4.69) is 5.32 Å². The van der Waals surface area contributed by atoms with Crippen molar-refractivity contribution in [2.24, 2.45) is 5.92 Å². The van der Waals surface area contributed by atoms with E-state index < -0.39 is 35.4 Å². The SMILES string of the molecule is C[C@@H]1CN[C@@H](C)CN1C(c1ccc(C(F)(F)F)cc1F)C1CC(F)(F)C1. The lowest BCUT2D eigenvalue weighted by atomic mass is 9.73. The predicted octanol–water partition coefficient (Wildman–Crippen LogP) is 4.61. The van der Waals surface area contributed by atoms with Gasteiger partial charge in [0.05, 0.1) is 5.56 Å². The van der Waals surface area contributed by atoms with Crippen molar-refractivity contribution in [3.63, 3.8) is 0 Å². The Morgan fingerprint density at radius 3 is 2.38 bits per heavy atom. The average Bonchev–Trinajstić information content (AvgIpc) is 2.49. The van der Waals surface area contributed by atoms with Crippen LogP contribution in [0, 0.1) is 11.7 Å².